The minimum absolute atomic E-state index is 0.110. The molecule has 1 saturated heterocycles. The molecule has 30 heavy (non-hydrogen) atoms. The first-order chi connectivity index (χ1) is 14.6. The minimum Gasteiger partial charge on any atom is -0.350 e. The van der Waals surface area contributed by atoms with Crippen LogP contribution in [0.4, 0.5) is 5.13 Å². The van der Waals surface area contributed by atoms with Crippen molar-refractivity contribution in [3.63, 3.8) is 0 Å². The van der Waals surface area contributed by atoms with Crippen molar-refractivity contribution in [1.29, 1.82) is 0 Å². The highest BCUT2D eigenvalue weighted by Gasteiger charge is 2.36. The number of amides is 2. The lowest BCUT2D eigenvalue weighted by Crippen LogP contribution is -2.32. The average molecular weight is 423 g/mol. The van der Waals surface area contributed by atoms with E-state index in [0.29, 0.717) is 31.2 Å². The van der Waals surface area contributed by atoms with E-state index in [0.717, 1.165) is 21.8 Å². The third-order valence-corrected chi connectivity index (χ3v) is 5.89. The van der Waals surface area contributed by atoms with Crippen LogP contribution in [-0.4, -0.2) is 33.5 Å². The van der Waals surface area contributed by atoms with Crippen LogP contribution in [0.3, 0.4) is 0 Å². The number of anilines is 1. The van der Waals surface area contributed by atoms with Crippen LogP contribution in [0.15, 0.2) is 48.7 Å². The van der Waals surface area contributed by atoms with Crippen molar-refractivity contribution >= 4 is 28.3 Å². The van der Waals surface area contributed by atoms with Gasteiger partial charge in [0.05, 0.1) is 18.2 Å². The van der Waals surface area contributed by atoms with Gasteiger partial charge in [-0.15, -0.1) is 10.2 Å². The van der Waals surface area contributed by atoms with Crippen LogP contribution in [0, 0.1) is 5.92 Å². The molecule has 1 aromatic carbocycles. The van der Waals surface area contributed by atoms with E-state index in [1.165, 1.54) is 11.3 Å². The molecule has 3 aromatic rings. The number of benzene rings is 1. The van der Waals surface area contributed by atoms with E-state index in [2.05, 4.69) is 20.5 Å². The van der Waals surface area contributed by atoms with Gasteiger partial charge in [-0.1, -0.05) is 41.7 Å². The maximum Gasteiger partial charge on any atom is 0.229 e. The number of nitrogens with zero attached hydrogens (tertiary/aromatic N) is 4. The van der Waals surface area contributed by atoms with Crippen LogP contribution in [-0.2, 0) is 29.1 Å². The molecule has 4 rings (SSSR count). The van der Waals surface area contributed by atoms with Gasteiger partial charge >= 0.3 is 0 Å². The van der Waals surface area contributed by atoms with Gasteiger partial charge in [0.15, 0.2) is 0 Å². The fourth-order valence-electron chi connectivity index (χ4n) is 3.34. The van der Waals surface area contributed by atoms with Gasteiger partial charge in [-0.05, 0) is 23.3 Å². The Hall–Kier alpha value is -3.17. The van der Waals surface area contributed by atoms with Gasteiger partial charge in [-0.3, -0.25) is 19.5 Å². The molecule has 0 bridgehead atoms. The van der Waals surface area contributed by atoms with E-state index in [1.807, 2.05) is 42.5 Å². The number of rotatable bonds is 7. The third-order valence-electron chi connectivity index (χ3n) is 4.94. The third kappa shape index (κ3) is 4.69. The van der Waals surface area contributed by atoms with Crippen LogP contribution in [0.2, 0.25) is 0 Å². The molecular formula is C21H22N6O2S. The molecule has 8 nitrogen and oxygen atoms in total. The highest BCUT2D eigenvalue weighted by molar-refractivity contribution is 7.15. The number of aromatic nitrogens is 3. The lowest BCUT2D eigenvalue weighted by molar-refractivity contribution is -0.126. The van der Waals surface area contributed by atoms with E-state index in [1.54, 1.807) is 11.1 Å². The van der Waals surface area contributed by atoms with E-state index in [-0.39, 0.29) is 18.2 Å². The van der Waals surface area contributed by atoms with Crippen LogP contribution in [0.25, 0.3) is 0 Å². The number of carbonyl (C=O) groups is 2. The van der Waals surface area contributed by atoms with Crippen molar-refractivity contribution in [2.24, 2.45) is 11.7 Å². The number of carbonyl (C=O) groups excluding carboxylic acids is 2. The topological polar surface area (TPSA) is 114 Å². The summed E-state index contributed by atoms with van der Waals surface area (Å²) in [6, 6.07) is 13.7. The Kier molecular flexibility index (Phi) is 6.10. The normalized spacial score (nSPS) is 16.1. The molecule has 0 spiro atoms. The SMILES string of the molecule is NCc1ccnc(CNC(=O)C2CC(=O)N(c3nnc(Cc4ccccc4)s3)C2)c1. The number of nitrogens with one attached hydrogen (secondary N) is 1. The standard InChI is InChI=1S/C21H22N6O2S/c22-11-15-6-7-23-17(8-15)12-24-20(29)16-10-19(28)27(13-16)21-26-25-18(30-21)9-14-4-2-1-3-5-14/h1-8,16H,9-13,22H2,(H,24,29). The zero-order valence-corrected chi connectivity index (χ0v) is 17.1. The summed E-state index contributed by atoms with van der Waals surface area (Å²) in [7, 11) is 0. The van der Waals surface area contributed by atoms with Gasteiger partial charge < -0.3 is 11.1 Å². The van der Waals surface area contributed by atoms with E-state index in [4.69, 9.17) is 5.73 Å². The molecule has 0 saturated carbocycles. The van der Waals surface area contributed by atoms with Crippen molar-refractivity contribution < 1.29 is 9.59 Å². The summed E-state index contributed by atoms with van der Waals surface area (Å²) in [5, 5.41) is 12.6. The van der Waals surface area contributed by atoms with Gasteiger partial charge in [0.1, 0.15) is 5.01 Å². The number of nitrogens with two attached hydrogens (primary N) is 1. The molecule has 1 unspecified atom stereocenters. The van der Waals surface area contributed by atoms with E-state index < -0.39 is 5.92 Å². The molecule has 1 atom stereocenters. The Labute approximate surface area is 178 Å². The van der Waals surface area contributed by atoms with E-state index in [9.17, 15) is 9.59 Å². The van der Waals surface area contributed by atoms with Crippen LogP contribution in [0.1, 0.15) is 28.2 Å². The molecular weight excluding hydrogens is 400 g/mol. The Balaban J connectivity index is 1.35. The summed E-state index contributed by atoms with van der Waals surface area (Å²) in [5.74, 6) is -0.697. The van der Waals surface area contributed by atoms with Gasteiger partial charge in [-0.25, -0.2) is 0 Å². The van der Waals surface area contributed by atoms with Gasteiger partial charge in [0.25, 0.3) is 0 Å². The molecule has 1 aliphatic rings. The second kappa shape index (κ2) is 9.10. The molecule has 0 aliphatic carbocycles. The molecule has 9 heteroatoms. The van der Waals surface area contributed by atoms with Crippen molar-refractivity contribution in [2.75, 3.05) is 11.4 Å². The molecule has 1 fully saturated rings. The van der Waals surface area contributed by atoms with Crippen molar-refractivity contribution in [3.8, 4) is 0 Å². The van der Waals surface area contributed by atoms with Gasteiger partial charge in [0.2, 0.25) is 16.9 Å². The Morgan fingerprint density at radius 1 is 1.20 bits per heavy atom. The molecule has 1 aliphatic heterocycles. The highest BCUT2D eigenvalue weighted by Crippen LogP contribution is 2.28. The van der Waals surface area contributed by atoms with Crippen molar-refractivity contribution in [2.45, 2.75) is 25.9 Å². The second-order valence-electron chi connectivity index (χ2n) is 7.12. The van der Waals surface area contributed by atoms with Crippen LogP contribution < -0.4 is 16.0 Å². The average Bonchev–Trinajstić information content (AvgIpc) is 3.39. The lowest BCUT2D eigenvalue weighted by atomic mass is 10.1. The maximum atomic E-state index is 12.6. The summed E-state index contributed by atoms with van der Waals surface area (Å²) < 4.78 is 0. The summed E-state index contributed by atoms with van der Waals surface area (Å²) in [6.07, 6.45) is 2.50. The molecule has 2 aromatic heterocycles. The van der Waals surface area contributed by atoms with Crippen molar-refractivity contribution in [3.05, 3.63) is 70.5 Å². The molecule has 2 amide bonds. The highest BCUT2D eigenvalue weighted by atomic mass is 32.1. The van der Waals surface area contributed by atoms with Crippen molar-refractivity contribution in [1.82, 2.24) is 20.5 Å². The summed E-state index contributed by atoms with van der Waals surface area (Å²) in [4.78, 5) is 30.8. The molecule has 0 radical (unpaired) electrons. The molecule has 154 valence electrons. The quantitative estimate of drug-likeness (QED) is 0.598. The smallest absolute Gasteiger partial charge is 0.229 e. The zero-order valence-electron chi connectivity index (χ0n) is 16.3. The van der Waals surface area contributed by atoms with Crippen LogP contribution >= 0.6 is 11.3 Å². The van der Waals surface area contributed by atoms with E-state index >= 15 is 0 Å². The fraction of sp³-hybridized carbons (Fsp3) is 0.286. The lowest BCUT2D eigenvalue weighted by Gasteiger charge is -2.12. The molecule has 3 heterocycles. The first kappa shape index (κ1) is 20.1. The summed E-state index contributed by atoms with van der Waals surface area (Å²) in [6.45, 7) is 1.03. The largest absolute Gasteiger partial charge is 0.350 e. The Bertz CT molecular complexity index is 1040. The number of hydrogen-bond acceptors (Lipinski definition) is 7. The zero-order chi connectivity index (χ0) is 20.9. The van der Waals surface area contributed by atoms with Crippen LogP contribution in [0.5, 0.6) is 0 Å². The monoisotopic (exact) mass is 422 g/mol. The fourth-order valence-corrected chi connectivity index (χ4v) is 4.24. The second-order valence-corrected chi connectivity index (χ2v) is 8.16. The molecule has 3 N–H and O–H groups in total. The first-order valence-corrected chi connectivity index (χ1v) is 10.5. The van der Waals surface area contributed by atoms with Gasteiger partial charge in [0, 0.05) is 32.1 Å². The summed E-state index contributed by atoms with van der Waals surface area (Å²) in [5.41, 5.74) is 8.47. The minimum atomic E-state index is -0.420. The number of hydrogen-bond donors (Lipinski definition) is 2. The predicted molar refractivity (Wildman–Crippen MR) is 114 cm³/mol. The predicted octanol–water partition coefficient (Wildman–Crippen LogP) is 1.65. The maximum absolute atomic E-state index is 12.6. The first-order valence-electron chi connectivity index (χ1n) is 9.70. The Morgan fingerprint density at radius 3 is 2.83 bits per heavy atom. The summed E-state index contributed by atoms with van der Waals surface area (Å²) >= 11 is 1.39. The Morgan fingerprint density at radius 2 is 2.03 bits per heavy atom. The van der Waals surface area contributed by atoms with Gasteiger partial charge in [-0.2, -0.15) is 0 Å². The number of pyridine rings is 1.